The Morgan fingerprint density at radius 1 is 1.06 bits per heavy atom. The molecule has 4 heterocycles. The Balaban J connectivity index is 1.17. The summed E-state index contributed by atoms with van der Waals surface area (Å²) in [5.74, 6) is 0. The number of H-pyrrole nitrogens is 1. The Morgan fingerprint density at radius 3 is 2.87 bits per heavy atom. The smallest absolute Gasteiger partial charge is 0.253 e. The van der Waals surface area contributed by atoms with Gasteiger partial charge >= 0.3 is 0 Å². The molecule has 6 rings (SSSR count). The monoisotopic (exact) mass is 415 g/mol. The minimum Gasteiger partial charge on any atom is -0.384 e. The summed E-state index contributed by atoms with van der Waals surface area (Å²) in [7, 11) is 0. The topological polar surface area (TPSA) is 77.4 Å². The minimum atomic E-state index is 0.0465. The van der Waals surface area contributed by atoms with Gasteiger partial charge in [0.2, 0.25) is 0 Å². The highest BCUT2D eigenvalue weighted by Crippen LogP contribution is 2.28. The van der Waals surface area contributed by atoms with E-state index in [1.54, 1.807) is 6.20 Å². The van der Waals surface area contributed by atoms with Crippen molar-refractivity contribution in [1.29, 1.82) is 0 Å². The van der Waals surface area contributed by atoms with Gasteiger partial charge in [0.25, 0.3) is 5.56 Å². The highest BCUT2D eigenvalue weighted by molar-refractivity contribution is 5.93. The van der Waals surface area contributed by atoms with Crippen molar-refractivity contribution in [3.63, 3.8) is 0 Å². The molecule has 158 valence electrons. The van der Waals surface area contributed by atoms with E-state index >= 15 is 0 Å². The average Bonchev–Trinajstić information content (AvgIpc) is 3.28. The number of rotatable bonds is 3. The second-order valence-electron chi connectivity index (χ2n) is 8.53. The van der Waals surface area contributed by atoms with Crippen molar-refractivity contribution < 1.29 is 4.52 Å². The van der Waals surface area contributed by atoms with Gasteiger partial charge in [-0.25, -0.2) is 0 Å². The van der Waals surface area contributed by atoms with Crippen LogP contribution in [-0.2, 0) is 13.0 Å². The molecule has 0 amide bonds. The molecule has 2 N–H and O–H groups in total. The van der Waals surface area contributed by atoms with E-state index in [-0.39, 0.29) is 5.56 Å². The molecule has 1 saturated heterocycles. The first-order valence-electron chi connectivity index (χ1n) is 11.0. The SMILES string of the molecule is O=c1[nH]c2cc(CN3CCN(c4ccc5oncc5c4)CC3)ccc2c2c1CCCN2. The molecule has 0 radical (unpaired) electrons. The fraction of sp³-hybridized carbons (Fsp3) is 0.333. The van der Waals surface area contributed by atoms with Gasteiger partial charge in [-0.15, -0.1) is 0 Å². The molecule has 7 heteroatoms. The van der Waals surface area contributed by atoms with Gasteiger partial charge in [-0.05, 0) is 42.7 Å². The summed E-state index contributed by atoms with van der Waals surface area (Å²) in [5.41, 5.74) is 6.17. The molecule has 2 aromatic heterocycles. The molecule has 2 aliphatic heterocycles. The lowest BCUT2D eigenvalue weighted by atomic mass is 10.0. The van der Waals surface area contributed by atoms with E-state index in [1.165, 1.54) is 11.3 Å². The third-order valence-corrected chi connectivity index (χ3v) is 6.56. The number of anilines is 2. The quantitative estimate of drug-likeness (QED) is 0.534. The number of nitrogens with zero attached hydrogens (tertiary/aromatic N) is 3. The zero-order chi connectivity index (χ0) is 20.8. The van der Waals surface area contributed by atoms with E-state index in [0.717, 1.165) is 85.2 Å². The number of benzene rings is 2. The number of fused-ring (bicyclic) bond motifs is 4. The van der Waals surface area contributed by atoms with E-state index in [1.807, 2.05) is 6.07 Å². The van der Waals surface area contributed by atoms with Crippen molar-refractivity contribution >= 4 is 33.2 Å². The summed E-state index contributed by atoms with van der Waals surface area (Å²) in [6.45, 7) is 5.80. The summed E-state index contributed by atoms with van der Waals surface area (Å²) in [6.07, 6.45) is 3.63. The maximum Gasteiger partial charge on any atom is 0.253 e. The maximum atomic E-state index is 12.5. The third-order valence-electron chi connectivity index (χ3n) is 6.56. The van der Waals surface area contributed by atoms with E-state index in [2.05, 4.69) is 55.6 Å². The van der Waals surface area contributed by atoms with Crippen LogP contribution in [0.1, 0.15) is 17.5 Å². The number of aromatic nitrogens is 2. The lowest BCUT2D eigenvalue weighted by molar-refractivity contribution is 0.250. The van der Waals surface area contributed by atoms with Crippen LogP contribution in [0, 0.1) is 0 Å². The lowest BCUT2D eigenvalue weighted by Gasteiger charge is -2.36. The normalized spacial score (nSPS) is 17.1. The summed E-state index contributed by atoms with van der Waals surface area (Å²) in [5, 5.41) is 9.46. The van der Waals surface area contributed by atoms with Crippen LogP contribution in [-0.4, -0.2) is 47.8 Å². The van der Waals surface area contributed by atoms with Gasteiger partial charge in [0.15, 0.2) is 5.58 Å². The molecule has 0 saturated carbocycles. The maximum absolute atomic E-state index is 12.5. The molecule has 0 aliphatic carbocycles. The number of aromatic amines is 1. The van der Waals surface area contributed by atoms with E-state index in [0.29, 0.717) is 0 Å². The Morgan fingerprint density at radius 2 is 1.97 bits per heavy atom. The Kier molecular flexibility index (Phi) is 4.42. The Bertz CT molecular complexity index is 1320. The molecule has 0 bridgehead atoms. The predicted octanol–water partition coefficient (Wildman–Crippen LogP) is 3.35. The molecule has 0 unspecified atom stereocenters. The van der Waals surface area contributed by atoms with Crippen LogP contribution in [0.3, 0.4) is 0 Å². The van der Waals surface area contributed by atoms with Crippen LogP contribution >= 0.6 is 0 Å². The highest BCUT2D eigenvalue weighted by Gasteiger charge is 2.19. The summed E-state index contributed by atoms with van der Waals surface area (Å²) in [4.78, 5) is 20.5. The molecule has 1 fully saturated rings. The van der Waals surface area contributed by atoms with Gasteiger partial charge in [-0.3, -0.25) is 9.69 Å². The van der Waals surface area contributed by atoms with Gasteiger partial charge in [0.05, 0.1) is 17.4 Å². The number of hydrogen-bond acceptors (Lipinski definition) is 6. The second-order valence-corrected chi connectivity index (χ2v) is 8.53. The van der Waals surface area contributed by atoms with Gasteiger partial charge in [0.1, 0.15) is 0 Å². The van der Waals surface area contributed by atoms with Crippen LogP contribution in [0.25, 0.3) is 21.9 Å². The van der Waals surface area contributed by atoms with Crippen LogP contribution in [0.15, 0.2) is 51.9 Å². The highest BCUT2D eigenvalue weighted by atomic mass is 16.5. The van der Waals surface area contributed by atoms with Gasteiger partial charge in [-0.2, -0.15) is 0 Å². The van der Waals surface area contributed by atoms with Crippen LogP contribution in [0.4, 0.5) is 11.4 Å². The largest absolute Gasteiger partial charge is 0.384 e. The fourth-order valence-electron chi connectivity index (χ4n) is 4.88. The molecular formula is C24H25N5O2. The van der Waals surface area contributed by atoms with Gasteiger partial charge in [-0.1, -0.05) is 17.3 Å². The third kappa shape index (κ3) is 3.35. The zero-order valence-corrected chi connectivity index (χ0v) is 17.4. The van der Waals surface area contributed by atoms with E-state index in [9.17, 15) is 4.79 Å². The van der Waals surface area contributed by atoms with Crippen molar-refractivity contribution in [2.24, 2.45) is 0 Å². The molecule has 31 heavy (non-hydrogen) atoms. The van der Waals surface area contributed by atoms with Crippen molar-refractivity contribution in [3.8, 4) is 0 Å². The minimum absolute atomic E-state index is 0.0465. The van der Waals surface area contributed by atoms with Crippen LogP contribution in [0.2, 0.25) is 0 Å². The Labute approximate surface area is 179 Å². The second kappa shape index (κ2) is 7.42. The molecule has 0 spiro atoms. The number of pyridine rings is 1. The van der Waals surface area contributed by atoms with Crippen molar-refractivity contribution in [1.82, 2.24) is 15.0 Å². The number of piperazine rings is 1. The summed E-state index contributed by atoms with van der Waals surface area (Å²) >= 11 is 0. The van der Waals surface area contributed by atoms with Crippen molar-refractivity contribution in [2.45, 2.75) is 19.4 Å². The number of hydrogen-bond donors (Lipinski definition) is 2. The summed E-state index contributed by atoms with van der Waals surface area (Å²) in [6, 6.07) is 12.7. The number of nitrogens with one attached hydrogen (secondary N) is 2. The molecule has 2 aliphatic rings. The first-order valence-corrected chi connectivity index (χ1v) is 11.0. The molecule has 4 aromatic rings. The van der Waals surface area contributed by atoms with Crippen LogP contribution < -0.4 is 15.8 Å². The van der Waals surface area contributed by atoms with E-state index < -0.39 is 0 Å². The first-order chi connectivity index (χ1) is 15.2. The fourth-order valence-corrected chi connectivity index (χ4v) is 4.88. The molecular weight excluding hydrogens is 390 g/mol. The Hall–Kier alpha value is -3.32. The van der Waals surface area contributed by atoms with Crippen molar-refractivity contribution in [2.75, 3.05) is 42.9 Å². The standard InChI is InChI=1S/C24H25N5O2/c30-24-20-2-1-7-25-23(20)19-5-3-16(12-21(19)27-24)15-28-8-10-29(11-9-28)18-4-6-22-17(13-18)14-26-31-22/h3-6,12-14,25H,1-2,7-11,15H2,(H,27,30). The van der Waals surface area contributed by atoms with Gasteiger partial charge in [0, 0.05) is 61.3 Å². The molecule has 2 aromatic carbocycles. The average molecular weight is 415 g/mol. The van der Waals surface area contributed by atoms with E-state index in [4.69, 9.17) is 4.52 Å². The van der Waals surface area contributed by atoms with Crippen molar-refractivity contribution in [3.05, 3.63) is 64.1 Å². The lowest BCUT2D eigenvalue weighted by Crippen LogP contribution is -2.45. The summed E-state index contributed by atoms with van der Waals surface area (Å²) < 4.78 is 5.21. The molecule has 7 nitrogen and oxygen atoms in total. The predicted molar refractivity (Wildman–Crippen MR) is 123 cm³/mol. The molecule has 0 atom stereocenters. The van der Waals surface area contributed by atoms with Gasteiger partial charge < -0.3 is 19.7 Å². The first kappa shape index (κ1) is 18.4. The van der Waals surface area contributed by atoms with Crippen LogP contribution in [0.5, 0.6) is 0 Å². The zero-order valence-electron chi connectivity index (χ0n) is 17.4.